The van der Waals surface area contributed by atoms with E-state index in [2.05, 4.69) is 25.5 Å². The van der Waals surface area contributed by atoms with Crippen molar-refractivity contribution in [2.24, 2.45) is 0 Å². The maximum atomic E-state index is 12.2. The summed E-state index contributed by atoms with van der Waals surface area (Å²) in [5.41, 5.74) is 2.95. The fraction of sp³-hybridized carbons (Fsp3) is 0.105. The zero-order valence-corrected chi connectivity index (χ0v) is 16.6. The van der Waals surface area contributed by atoms with Crippen LogP contribution in [0.2, 0.25) is 0 Å². The lowest BCUT2D eigenvalue weighted by atomic mass is 10.2. The SMILES string of the molecule is Cc1ccc(-n2c(SCC(=O)Nc3nccs3)nnc2-c2cccnc2)cc1. The number of carbonyl (C=O) groups excluding carboxylic acids is 1. The molecule has 0 aliphatic rings. The summed E-state index contributed by atoms with van der Waals surface area (Å²) in [4.78, 5) is 20.5. The number of carbonyl (C=O) groups is 1. The zero-order chi connectivity index (χ0) is 19.3. The van der Waals surface area contributed by atoms with Crippen LogP contribution in [0.5, 0.6) is 0 Å². The van der Waals surface area contributed by atoms with Gasteiger partial charge in [0.05, 0.1) is 5.75 Å². The summed E-state index contributed by atoms with van der Waals surface area (Å²) in [5, 5.41) is 14.5. The van der Waals surface area contributed by atoms with Gasteiger partial charge in [-0.05, 0) is 31.2 Å². The number of aryl methyl sites for hydroxylation is 1. The van der Waals surface area contributed by atoms with Gasteiger partial charge in [-0.1, -0.05) is 29.5 Å². The van der Waals surface area contributed by atoms with Crippen molar-refractivity contribution in [1.82, 2.24) is 24.7 Å². The molecule has 0 spiro atoms. The number of hydrogen-bond acceptors (Lipinski definition) is 7. The molecule has 28 heavy (non-hydrogen) atoms. The standard InChI is InChI=1S/C19H16N6OS2/c1-13-4-6-15(7-5-13)25-17(14-3-2-8-20-11-14)23-24-19(25)28-12-16(26)22-18-21-9-10-27-18/h2-11H,12H2,1H3,(H,21,22,26). The van der Waals surface area contributed by atoms with Crippen molar-refractivity contribution >= 4 is 34.1 Å². The molecule has 0 unspecified atom stereocenters. The van der Waals surface area contributed by atoms with Crippen molar-refractivity contribution in [2.75, 3.05) is 11.1 Å². The van der Waals surface area contributed by atoms with E-state index in [1.807, 2.05) is 53.3 Å². The van der Waals surface area contributed by atoms with Crippen molar-refractivity contribution in [1.29, 1.82) is 0 Å². The van der Waals surface area contributed by atoms with Crippen molar-refractivity contribution < 1.29 is 4.79 Å². The number of thiazole rings is 1. The fourth-order valence-corrected chi connectivity index (χ4v) is 3.84. The van der Waals surface area contributed by atoms with E-state index in [9.17, 15) is 4.79 Å². The second kappa shape index (κ2) is 8.32. The van der Waals surface area contributed by atoms with E-state index in [0.717, 1.165) is 16.8 Å². The summed E-state index contributed by atoms with van der Waals surface area (Å²) in [6, 6.07) is 11.9. The lowest BCUT2D eigenvalue weighted by molar-refractivity contribution is -0.113. The van der Waals surface area contributed by atoms with Gasteiger partial charge in [0.2, 0.25) is 5.91 Å². The highest BCUT2D eigenvalue weighted by Crippen LogP contribution is 2.28. The van der Waals surface area contributed by atoms with Gasteiger partial charge in [0.15, 0.2) is 16.1 Å². The van der Waals surface area contributed by atoms with Gasteiger partial charge in [-0.2, -0.15) is 0 Å². The van der Waals surface area contributed by atoms with E-state index < -0.39 is 0 Å². The van der Waals surface area contributed by atoms with Gasteiger partial charge >= 0.3 is 0 Å². The van der Waals surface area contributed by atoms with Crippen molar-refractivity contribution in [3.8, 4) is 17.1 Å². The Hall–Kier alpha value is -3.04. The molecule has 4 aromatic rings. The molecular weight excluding hydrogens is 392 g/mol. The maximum absolute atomic E-state index is 12.2. The molecule has 0 radical (unpaired) electrons. The number of thioether (sulfide) groups is 1. The Bertz CT molecular complexity index is 1060. The molecule has 0 saturated heterocycles. The quantitative estimate of drug-likeness (QED) is 0.488. The highest BCUT2D eigenvalue weighted by molar-refractivity contribution is 7.99. The van der Waals surface area contributed by atoms with Gasteiger partial charge in [0.1, 0.15) is 0 Å². The molecule has 9 heteroatoms. The van der Waals surface area contributed by atoms with Gasteiger partial charge in [0, 0.05) is 35.2 Å². The molecule has 0 saturated carbocycles. The first-order chi connectivity index (χ1) is 13.7. The minimum atomic E-state index is -0.138. The Morgan fingerprint density at radius 1 is 1.18 bits per heavy atom. The van der Waals surface area contributed by atoms with E-state index in [1.165, 1.54) is 23.1 Å². The van der Waals surface area contributed by atoms with Crippen LogP contribution in [-0.2, 0) is 4.79 Å². The van der Waals surface area contributed by atoms with E-state index in [-0.39, 0.29) is 11.7 Å². The van der Waals surface area contributed by atoms with Crippen LogP contribution in [-0.4, -0.2) is 36.4 Å². The monoisotopic (exact) mass is 408 g/mol. The molecule has 0 atom stereocenters. The molecular formula is C19H16N6OS2. The Labute approximate surface area is 169 Å². The average molecular weight is 409 g/mol. The van der Waals surface area contributed by atoms with Crippen LogP contribution < -0.4 is 5.32 Å². The summed E-state index contributed by atoms with van der Waals surface area (Å²) >= 11 is 2.71. The fourth-order valence-electron chi connectivity index (χ4n) is 2.54. The van der Waals surface area contributed by atoms with Crippen LogP contribution in [0.3, 0.4) is 0 Å². The summed E-state index contributed by atoms with van der Waals surface area (Å²) in [6.45, 7) is 2.04. The number of benzene rings is 1. The molecule has 1 N–H and O–H groups in total. The van der Waals surface area contributed by atoms with E-state index >= 15 is 0 Å². The summed E-state index contributed by atoms with van der Waals surface area (Å²) in [6.07, 6.45) is 5.12. The van der Waals surface area contributed by atoms with Crippen LogP contribution in [0, 0.1) is 6.92 Å². The second-order valence-electron chi connectivity index (χ2n) is 5.89. The molecule has 3 heterocycles. The number of hydrogen-bond donors (Lipinski definition) is 1. The van der Waals surface area contributed by atoms with Crippen LogP contribution in [0.1, 0.15) is 5.56 Å². The Morgan fingerprint density at radius 3 is 2.75 bits per heavy atom. The maximum Gasteiger partial charge on any atom is 0.236 e. The zero-order valence-electron chi connectivity index (χ0n) is 14.9. The molecule has 1 aromatic carbocycles. The molecule has 3 aromatic heterocycles. The minimum absolute atomic E-state index is 0.138. The Kier molecular flexibility index (Phi) is 5.45. The van der Waals surface area contributed by atoms with Gasteiger partial charge in [-0.15, -0.1) is 21.5 Å². The molecule has 7 nitrogen and oxygen atoms in total. The van der Waals surface area contributed by atoms with Crippen LogP contribution >= 0.6 is 23.1 Å². The van der Waals surface area contributed by atoms with E-state index in [4.69, 9.17) is 0 Å². The lowest BCUT2D eigenvalue weighted by Gasteiger charge is -2.10. The van der Waals surface area contributed by atoms with Crippen molar-refractivity contribution in [3.05, 3.63) is 65.9 Å². The highest BCUT2D eigenvalue weighted by atomic mass is 32.2. The number of pyridine rings is 1. The first-order valence-electron chi connectivity index (χ1n) is 8.46. The lowest BCUT2D eigenvalue weighted by Crippen LogP contribution is -2.14. The third-order valence-corrected chi connectivity index (χ3v) is 5.47. The van der Waals surface area contributed by atoms with Gasteiger partial charge < -0.3 is 5.32 Å². The summed E-state index contributed by atoms with van der Waals surface area (Å²) in [7, 11) is 0. The van der Waals surface area contributed by atoms with Gasteiger partial charge in [-0.3, -0.25) is 14.3 Å². The highest BCUT2D eigenvalue weighted by Gasteiger charge is 2.17. The van der Waals surface area contributed by atoms with Crippen molar-refractivity contribution in [2.45, 2.75) is 12.1 Å². The molecule has 140 valence electrons. The number of aromatic nitrogens is 5. The molecule has 1 amide bonds. The average Bonchev–Trinajstić information content (AvgIpc) is 3.37. The Balaban J connectivity index is 1.62. The topological polar surface area (TPSA) is 85.6 Å². The third-order valence-electron chi connectivity index (χ3n) is 3.86. The number of nitrogens with one attached hydrogen (secondary N) is 1. The van der Waals surface area contributed by atoms with Gasteiger partial charge in [-0.25, -0.2) is 4.98 Å². The number of rotatable bonds is 6. The molecule has 0 aliphatic carbocycles. The third kappa shape index (κ3) is 4.10. The first kappa shape index (κ1) is 18.3. The predicted octanol–water partition coefficient (Wildman–Crippen LogP) is 3.83. The van der Waals surface area contributed by atoms with Crippen LogP contribution in [0.4, 0.5) is 5.13 Å². The molecule has 0 bridgehead atoms. The second-order valence-corrected chi connectivity index (χ2v) is 7.73. The van der Waals surface area contributed by atoms with E-state index in [0.29, 0.717) is 16.1 Å². The summed E-state index contributed by atoms with van der Waals surface area (Å²) < 4.78 is 1.94. The van der Waals surface area contributed by atoms with Crippen LogP contribution in [0.15, 0.2) is 65.5 Å². The Morgan fingerprint density at radius 2 is 2.04 bits per heavy atom. The van der Waals surface area contributed by atoms with E-state index in [1.54, 1.807) is 18.6 Å². The largest absolute Gasteiger partial charge is 0.301 e. The van der Waals surface area contributed by atoms with Crippen molar-refractivity contribution in [3.63, 3.8) is 0 Å². The number of amides is 1. The summed E-state index contributed by atoms with van der Waals surface area (Å²) in [5.74, 6) is 0.748. The molecule has 0 aliphatic heterocycles. The number of nitrogens with zero attached hydrogens (tertiary/aromatic N) is 5. The normalized spacial score (nSPS) is 10.8. The van der Waals surface area contributed by atoms with Crippen LogP contribution in [0.25, 0.3) is 17.1 Å². The molecule has 0 fully saturated rings. The minimum Gasteiger partial charge on any atom is -0.301 e. The number of anilines is 1. The predicted molar refractivity (Wildman–Crippen MR) is 111 cm³/mol. The smallest absolute Gasteiger partial charge is 0.236 e. The van der Waals surface area contributed by atoms with Gasteiger partial charge in [0.25, 0.3) is 0 Å². The first-order valence-corrected chi connectivity index (χ1v) is 10.3. The molecule has 4 rings (SSSR count).